The van der Waals surface area contributed by atoms with Gasteiger partial charge in [-0.05, 0) is 37.3 Å². The van der Waals surface area contributed by atoms with Gasteiger partial charge in [-0.15, -0.1) is 0 Å². The molecule has 2 heterocycles. The smallest absolute Gasteiger partial charge is 0.221 e. The van der Waals surface area contributed by atoms with E-state index in [1.54, 1.807) is 0 Å². The molecular formula is C22H18N4O. The number of benzene rings is 2. The second-order valence-electron chi connectivity index (χ2n) is 6.34. The van der Waals surface area contributed by atoms with E-state index < -0.39 is 0 Å². The Morgan fingerprint density at radius 1 is 0.852 bits per heavy atom. The van der Waals surface area contributed by atoms with Crippen molar-refractivity contribution in [1.29, 1.82) is 0 Å². The van der Waals surface area contributed by atoms with E-state index in [-0.39, 0.29) is 5.91 Å². The predicted molar refractivity (Wildman–Crippen MR) is 107 cm³/mol. The fourth-order valence-corrected chi connectivity index (χ4v) is 2.99. The van der Waals surface area contributed by atoms with Crippen LogP contribution in [-0.2, 0) is 4.79 Å². The molecule has 1 amide bonds. The number of pyridine rings is 1. The van der Waals surface area contributed by atoms with Crippen LogP contribution in [0.2, 0.25) is 0 Å². The van der Waals surface area contributed by atoms with Gasteiger partial charge in [-0.1, -0.05) is 36.4 Å². The molecular weight excluding hydrogens is 336 g/mol. The van der Waals surface area contributed by atoms with Gasteiger partial charge in [0.05, 0.1) is 11.2 Å². The first-order chi connectivity index (χ1) is 13.1. The Kier molecular flexibility index (Phi) is 4.34. The second-order valence-corrected chi connectivity index (χ2v) is 6.34. The topological polar surface area (TPSA) is 67.8 Å². The number of amides is 1. The molecule has 4 aromatic rings. The summed E-state index contributed by atoms with van der Waals surface area (Å²) in [6.45, 7) is 3.44. The molecule has 0 aliphatic heterocycles. The molecule has 1 N–H and O–H groups in total. The first-order valence-corrected chi connectivity index (χ1v) is 8.69. The first-order valence-electron chi connectivity index (χ1n) is 8.69. The third-order valence-electron chi connectivity index (χ3n) is 4.20. The summed E-state index contributed by atoms with van der Waals surface area (Å²) in [5.41, 5.74) is 5.09. The minimum atomic E-state index is -0.0944. The van der Waals surface area contributed by atoms with E-state index >= 15 is 0 Å². The number of hydrogen-bond acceptors (Lipinski definition) is 4. The average molecular weight is 354 g/mol. The number of para-hydroxylation sites is 1. The van der Waals surface area contributed by atoms with Crippen molar-refractivity contribution in [1.82, 2.24) is 15.0 Å². The van der Waals surface area contributed by atoms with Gasteiger partial charge >= 0.3 is 0 Å². The third kappa shape index (κ3) is 3.53. The minimum Gasteiger partial charge on any atom is -0.326 e. The third-order valence-corrected chi connectivity index (χ3v) is 4.20. The number of carbonyl (C=O) groups excluding carboxylic acids is 1. The van der Waals surface area contributed by atoms with Crippen molar-refractivity contribution < 1.29 is 4.79 Å². The van der Waals surface area contributed by atoms with Crippen molar-refractivity contribution in [3.8, 4) is 22.8 Å². The number of anilines is 1. The lowest BCUT2D eigenvalue weighted by atomic mass is 10.1. The molecule has 132 valence electrons. The number of nitrogens with zero attached hydrogens (tertiary/aromatic N) is 3. The van der Waals surface area contributed by atoms with Crippen LogP contribution in [-0.4, -0.2) is 20.9 Å². The number of aromatic nitrogens is 3. The number of hydrogen-bond donors (Lipinski definition) is 1. The van der Waals surface area contributed by atoms with Crippen molar-refractivity contribution >= 4 is 22.5 Å². The maximum absolute atomic E-state index is 11.2. The Morgan fingerprint density at radius 2 is 1.63 bits per heavy atom. The predicted octanol–water partition coefficient (Wildman–Crippen LogP) is 4.63. The minimum absolute atomic E-state index is 0.0944. The van der Waals surface area contributed by atoms with Crippen molar-refractivity contribution in [2.45, 2.75) is 13.8 Å². The monoisotopic (exact) mass is 354 g/mol. The quantitative estimate of drug-likeness (QED) is 0.583. The number of nitrogens with one attached hydrogen (secondary N) is 1. The Labute approximate surface area is 157 Å². The molecule has 0 spiro atoms. The zero-order valence-electron chi connectivity index (χ0n) is 15.1. The summed E-state index contributed by atoms with van der Waals surface area (Å²) in [5.74, 6) is 0.501. The van der Waals surface area contributed by atoms with Crippen LogP contribution in [0.5, 0.6) is 0 Å². The number of aryl methyl sites for hydroxylation is 1. The summed E-state index contributed by atoms with van der Waals surface area (Å²) >= 11 is 0. The lowest BCUT2D eigenvalue weighted by Crippen LogP contribution is -2.05. The van der Waals surface area contributed by atoms with Gasteiger partial charge in [0.15, 0.2) is 5.82 Å². The Morgan fingerprint density at radius 3 is 2.37 bits per heavy atom. The highest BCUT2D eigenvalue weighted by Crippen LogP contribution is 2.29. The zero-order chi connectivity index (χ0) is 18.8. The molecule has 0 saturated carbocycles. The van der Waals surface area contributed by atoms with Gasteiger partial charge in [0.25, 0.3) is 0 Å². The Hall–Kier alpha value is -3.60. The van der Waals surface area contributed by atoms with E-state index in [1.807, 2.05) is 73.7 Å². The fourth-order valence-electron chi connectivity index (χ4n) is 2.99. The van der Waals surface area contributed by atoms with E-state index in [1.165, 1.54) is 6.92 Å². The second kappa shape index (κ2) is 6.96. The van der Waals surface area contributed by atoms with Crippen molar-refractivity contribution in [2.24, 2.45) is 0 Å². The van der Waals surface area contributed by atoms with Crippen molar-refractivity contribution in [3.63, 3.8) is 0 Å². The summed E-state index contributed by atoms with van der Waals surface area (Å²) in [4.78, 5) is 25.3. The molecule has 0 saturated heterocycles. The lowest BCUT2D eigenvalue weighted by Gasteiger charge is -2.10. The van der Waals surface area contributed by atoms with E-state index in [0.29, 0.717) is 5.82 Å². The number of fused-ring (bicyclic) bond motifs is 1. The zero-order valence-corrected chi connectivity index (χ0v) is 15.1. The van der Waals surface area contributed by atoms with Gasteiger partial charge in [0, 0.05) is 29.3 Å². The number of rotatable bonds is 3. The van der Waals surface area contributed by atoms with Crippen molar-refractivity contribution in [2.75, 3.05) is 5.32 Å². The molecule has 27 heavy (non-hydrogen) atoms. The van der Waals surface area contributed by atoms with Gasteiger partial charge in [0.1, 0.15) is 5.69 Å². The van der Waals surface area contributed by atoms with Crippen LogP contribution >= 0.6 is 0 Å². The summed E-state index contributed by atoms with van der Waals surface area (Å²) in [5, 5.41) is 3.76. The molecule has 5 heteroatoms. The Balaban J connectivity index is 1.87. The SMILES string of the molecule is CC(=O)Nc1ccc(-c2nc(-c3cccc(C)n3)nc3ccccc23)cc1. The van der Waals surface area contributed by atoms with Gasteiger partial charge in [-0.3, -0.25) is 4.79 Å². The van der Waals surface area contributed by atoms with Crippen LogP contribution in [0.15, 0.2) is 66.7 Å². The summed E-state index contributed by atoms with van der Waals surface area (Å²) in [7, 11) is 0. The summed E-state index contributed by atoms with van der Waals surface area (Å²) in [6, 6.07) is 21.4. The van der Waals surface area contributed by atoms with E-state index in [9.17, 15) is 4.79 Å². The molecule has 4 rings (SSSR count). The van der Waals surface area contributed by atoms with Gasteiger partial charge in [0.2, 0.25) is 5.91 Å². The van der Waals surface area contributed by atoms with Crippen LogP contribution in [0.1, 0.15) is 12.6 Å². The molecule has 0 radical (unpaired) electrons. The molecule has 2 aromatic carbocycles. The standard InChI is InChI=1S/C22H18N4O/c1-14-6-5-9-20(23-14)22-25-19-8-4-3-7-18(19)21(26-22)16-10-12-17(13-11-16)24-15(2)27/h3-13H,1-2H3,(H,24,27). The average Bonchev–Trinajstić information content (AvgIpc) is 2.67. The fraction of sp³-hybridized carbons (Fsp3) is 0.0909. The molecule has 0 bridgehead atoms. The van der Waals surface area contributed by atoms with Crippen LogP contribution in [0.25, 0.3) is 33.7 Å². The maximum atomic E-state index is 11.2. The maximum Gasteiger partial charge on any atom is 0.221 e. The Bertz CT molecular complexity index is 1140. The van der Waals surface area contributed by atoms with Crippen molar-refractivity contribution in [3.05, 3.63) is 72.4 Å². The highest BCUT2D eigenvalue weighted by molar-refractivity contribution is 5.94. The normalized spacial score (nSPS) is 10.7. The number of carbonyl (C=O) groups is 1. The highest BCUT2D eigenvalue weighted by atomic mass is 16.1. The molecule has 2 aromatic heterocycles. The van der Waals surface area contributed by atoms with Crippen LogP contribution in [0.3, 0.4) is 0 Å². The molecule has 0 atom stereocenters. The molecule has 0 unspecified atom stereocenters. The van der Waals surface area contributed by atoms with Gasteiger partial charge < -0.3 is 5.32 Å². The molecule has 5 nitrogen and oxygen atoms in total. The molecule has 0 aliphatic rings. The van der Waals surface area contributed by atoms with E-state index in [0.717, 1.165) is 39.2 Å². The van der Waals surface area contributed by atoms with Crippen LogP contribution < -0.4 is 5.32 Å². The molecule has 0 aliphatic carbocycles. The summed E-state index contributed by atoms with van der Waals surface area (Å²) < 4.78 is 0. The van der Waals surface area contributed by atoms with E-state index in [4.69, 9.17) is 9.97 Å². The largest absolute Gasteiger partial charge is 0.326 e. The first kappa shape index (κ1) is 16.8. The summed E-state index contributed by atoms with van der Waals surface area (Å²) in [6.07, 6.45) is 0. The van der Waals surface area contributed by atoms with E-state index in [2.05, 4.69) is 10.3 Å². The van der Waals surface area contributed by atoms with Gasteiger partial charge in [-0.2, -0.15) is 0 Å². The highest BCUT2D eigenvalue weighted by Gasteiger charge is 2.12. The van der Waals surface area contributed by atoms with Crippen LogP contribution in [0.4, 0.5) is 5.69 Å². The lowest BCUT2D eigenvalue weighted by molar-refractivity contribution is -0.114. The van der Waals surface area contributed by atoms with Gasteiger partial charge in [-0.25, -0.2) is 15.0 Å². The molecule has 0 fully saturated rings. The van der Waals surface area contributed by atoms with Crippen LogP contribution in [0, 0.1) is 6.92 Å².